The molecule has 0 saturated heterocycles. The van der Waals surface area contributed by atoms with Gasteiger partial charge in [0.05, 0.1) is 11.4 Å². The van der Waals surface area contributed by atoms with Crippen molar-refractivity contribution in [2.75, 3.05) is 10.0 Å². The van der Waals surface area contributed by atoms with Gasteiger partial charge in [-0.25, -0.2) is 27.9 Å². The number of rotatable bonds is 7. The largest absolute Gasteiger partial charge is 0.328 e. The monoisotopic (exact) mass is 498 g/mol. The van der Waals surface area contributed by atoms with Crippen LogP contribution in [0.15, 0.2) is 74.7 Å². The van der Waals surface area contributed by atoms with E-state index in [0.717, 1.165) is 15.6 Å². The average Bonchev–Trinajstić information content (AvgIpc) is 3.30. The summed E-state index contributed by atoms with van der Waals surface area (Å²) in [6.07, 6.45) is 2.49. The Hall–Kier alpha value is -4.10. The number of sulfonamides is 1. The fourth-order valence-electron chi connectivity index (χ4n) is 2.97. The van der Waals surface area contributed by atoms with Crippen molar-refractivity contribution in [2.24, 2.45) is 0 Å². The molecule has 0 radical (unpaired) electrons. The van der Waals surface area contributed by atoms with E-state index < -0.39 is 27.2 Å². The first-order valence-corrected chi connectivity index (χ1v) is 12.2. The summed E-state index contributed by atoms with van der Waals surface area (Å²) in [5, 5.41) is 4.35. The molecule has 0 fully saturated rings. The summed E-state index contributed by atoms with van der Waals surface area (Å²) in [4.78, 5) is 48.5. The molecule has 1 aromatic carbocycles. The number of aromatic nitrogens is 4. The molecule has 34 heavy (non-hydrogen) atoms. The van der Waals surface area contributed by atoms with Crippen molar-refractivity contribution in [3.63, 3.8) is 0 Å². The van der Waals surface area contributed by atoms with E-state index in [1.807, 2.05) is 5.38 Å². The highest BCUT2D eigenvalue weighted by Gasteiger charge is 2.18. The third kappa shape index (κ3) is 5.10. The van der Waals surface area contributed by atoms with Crippen LogP contribution in [0.4, 0.5) is 11.6 Å². The fraction of sp³-hybridized carbons (Fsp3) is 0.0952. The van der Waals surface area contributed by atoms with E-state index in [9.17, 15) is 22.8 Å². The van der Waals surface area contributed by atoms with Gasteiger partial charge in [0.15, 0.2) is 0 Å². The van der Waals surface area contributed by atoms with Gasteiger partial charge in [-0.05, 0) is 48.7 Å². The Morgan fingerprint density at radius 1 is 1.15 bits per heavy atom. The Bertz CT molecular complexity index is 1560. The van der Waals surface area contributed by atoms with Crippen LogP contribution in [-0.2, 0) is 16.6 Å². The Balaban J connectivity index is 1.51. The SMILES string of the molecule is Cc1ccnc(NS(=O)(=O)c2ccc(NC(=O)c3c[nH]c(=O)n(Cc4cccs4)c3=O)cc2)n1. The van der Waals surface area contributed by atoms with Crippen molar-refractivity contribution in [2.45, 2.75) is 18.4 Å². The smallest absolute Gasteiger partial charge is 0.322 e. The number of anilines is 2. The molecule has 0 aliphatic rings. The first-order valence-electron chi connectivity index (χ1n) is 9.82. The maximum atomic E-state index is 12.7. The Morgan fingerprint density at radius 2 is 1.91 bits per heavy atom. The van der Waals surface area contributed by atoms with Crippen LogP contribution in [0.1, 0.15) is 20.9 Å². The predicted octanol–water partition coefficient (Wildman–Crippen LogP) is 1.80. The average molecular weight is 499 g/mol. The molecule has 1 amide bonds. The molecule has 4 aromatic rings. The lowest BCUT2D eigenvalue weighted by Gasteiger charge is -2.09. The first-order chi connectivity index (χ1) is 16.2. The van der Waals surface area contributed by atoms with Crippen LogP contribution in [0, 0.1) is 6.92 Å². The molecule has 3 N–H and O–H groups in total. The standard InChI is InChI=1S/C21H18N6O5S2/c1-13-8-9-22-20(24-13)26-34(31,32)16-6-4-14(5-7-16)25-18(28)17-11-23-21(30)27(19(17)29)12-15-3-2-10-33-15/h2-11H,12H2,1H3,(H,23,30)(H,25,28)(H,22,24,26). The Labute approximate surface area is 197 Å². The Kier molecular flexibility index (Phi) is 6.38. The highest BCUT2D eigenvalue weighted by atomic mass is 32.2. The molecule has 3 heterocycles. The van der Waals surface area contributed by atoms with Gasteiger partial charge in [0, 0.05) is 28.7 Å². The summed E-state index contributed by atoms with van der Waals surface area (Å²) in [5.41, 5.74) is -0.773. The normalized spacial score (nSPS) is 11.2. The summed E-state index contributed by atoms with van der Waals surface area (Å²) in [5.74, 6) is -0.808. The van der Waals surface area contributed by atoms with E-state index in [0.29, 0.717) is 5.69 Å². The molecule has 13 heteroatoms. The number of amides is 1. The van der Waals surface area contributed by atoms with Crippen LogP contribution in [-0.4, -0.2) is 33.8 Å². The number of aromatic amines is 1. The molecule has 0 unspecified atom stereocenters. The van der Waals surface area contributed by atoms with E-state index in [-0.39, 0.29) is 28.6 Å². The number of thiophene rings is 1. The highest BCUT2D eigenvalue weighted by molar-refractivity contribution is 7.92. The first kappa shape index (κ1) is 23.1. The number of hydrogen-bond donors (Lipinski definition) is 3. The highest BCUT2D eigenvalue weighted by Crippen LogP contribution is 2.17. The zero-order valence-electron chi connectivity index (χ0n) is 17.7. The molecule has 174 valence electrons. The summed E-state index contributed by atoms with van der Waals surface area (Å²) in [6.45, 7) is 1.74. The molecule has 3 aromatic heterocycles. The number of carbonyl (C=O) groups excluding carboxylic acids is 1. The molecule has 0 saturated carbocycles. The van der Waals surface area contributed by atoms with Crippen molar-refractivity contribution in [3.8, 4) is 0 Å². The quantitative estimate of drug-likeness (QED) is 0.351. The van der Waals surface area contributed by atoms with Gasteiger partial charge in [0.1, 0.15) is 5.56 Å². The van der Waals surface area contributed by atoms with E-state index in [1.54, 1.807) is 25.1 Å². The van der Waals surface area contributed by atoms with Crippen LogP contribution < -0.4 is 21.3 Å². The molecule has 11 nitrogen and oxygen atoms in total. The molecule has 4 rings (SSSR count). The fourth-order valence-corrected chi connectivity index (χ4v) is 4.61. The molecule has 0 bridgehead atoms. The number of nitrogens with zero attached hydrogens (tertiary/aromatic N) is 3. The third-order valence-corrected chi connectivity index (χ3v) is 6.85. The maximum absolute atomic E-state index is 12.7. The van der Waals surface area contributed by atoms with Crippen molar-refractivity contribution in [1.29, 1.82) is 0 Å². The number of nitrogens with one attached hydrogen (secondary N) is 3. The summed E-state index contributed by atoms with van der Waals surface area (Å²) >= 11 is 1.38. The minimum Gasteiger partial charge on any atom is -0.322 e. The summed E-state index contributed by atoms with van der Waals surface area (Å²) < 4.78 is 28.3. The zero-order chi connectivity index (χ0) is 24.3. The lowest BCUT2D eigenvalue weighted by atomic mass is 10.2. The molecule has 0 aliphatic carbocycles. The van der Waals surface area contributed by atoms with Gasteiger partial charge in [0.25, 0.3) is 21.5 Å². The molecular formula is C21H18N6O5S2. The second-order valence-corrected chi connectivity index (χ2v) is 9.80. The van der Waals surface area contributed by atoms with Crippen LogP contribution in [0.2, 0.25) is 0 Å². The van der Waals surface area contributed by atoms with Crippen molar-refractivity contribution in [1.82, 2.24) is 19.5 Å². The van der Waals surface area contributed by atoms with Crippen LogP contribution in [0.3, 0.4) is 0 Å². The minimum atomic E-state index is -3.95. The van der Waals surface area contributed by atoms with Gasteiger partial charge in [-0.3, -0.25) is 14.2 Å². The molecular weight excluding hydrogens is 480 g/mol. The van der Waals surface area contributed by atoms with E-state index in [4.69, 9.17) is 0 Å². The number of carbonyl (C=O) groups is 1. The lowest BCUT2D eigenvalue weighted by molar-refractivity contribution is 0.102. The van der Waals surface area contributed by atoms with Gasteiger partial charge >= 0.3 is 5.69 Å². The lowest BCUT2D eigenvalue weighted by Crippen LogP contribution is -2.39. The third-order valence-electron chi connectivity index (χ3n) is 4.64. The van der Waals surface area contributed by atoms with Crippen LogP contribution >= 0.6 is 11.3 Å². The number of benzene rings is 1. The Morgan fingerprint density at radius 3 is 2.59 bits per heavy atom. The molecule has 0 spiro atoms. The van der Waals surface area contributed by atoms with Gasteiger partial charge < -0.3 is 10.3 Å². The molecule has 0 atom stereocenters. The minimum absolute atomic E-state index is 0.0389. The van der Waals surface area contributed by atoms with Crippen LogP contribution in [0.25, 0.3) is 0 Å². The summed E-state index contributed by atoms with van der Waals surface area (Å²) in [6, 6.07) is 10.5. The zero-order valence-corrected chi connectivity index (χ0v) is 19.3. The van der Waals surface area contributed by atoms with E-state index >= 15 is 0 Å². The number of aryl methyl sites for hydroxylation is 1. The van der Waals surface area contributed by atoms with Crippen molar-refractivity contribution >= 4 is 38.9 Å². The maximum Gasteiger partial charge on any atom is 0.328 e. The van der Waals surface area contributed by atoms with E-state index in [1.165, 1.54) is 41.8 Å². The molecule has 0 aliphatic heterocycles. The number of hydrogen-bond acceptors (Lipinski definition) is 8. The van der Waals surface area contributed by atoms with E-state index in [2.05, 4.69) is 25.0 Å². The van der Waals surface area contributed by atoms with Gasteiger partial charge in [-0.1, -0.05) is 6.07 Å². The topological polar surface area (TPSA) is 156 Å². The predicted molar refractivity (Wildman–Crippen MR) is 127 cm³/mol. The van der Waals surface area contributed by atoms with Crippen molar-refractivity contribution < 1.29 is 13.2 Å². The summed E-state index contributed by atoms with van der Waals surface area (Å²) in [7, 11) is -3.95. The second-order valence-electron chi connectivity index (χ2n) is 7.08. The van der Waals surface area contributed by atoms with Crippen LogP contribution in [0.5, 0.6) is 0 Å². The second kappa shape index (κ2) is 9.41. The van der Waals surface area contributed by atoms with Crippen molar-refractivity contribution in [3.05, 3.63) is 97.2 Å². The number of H-pyrrole nitrogens is 1. The van der Waals surface area contributed by atoms with Gasteiger partial charge in [-0.2, -0.15) is 0 Å². The van der Waals surface area contributed by atoms with Gasteiger partial charge in [0.2, 0.25) is 5.95 Å². The van der Waals surface area contributed by atoms with Gasteiger partial charge in [-0.15, -0.1) is 11.3 Å².